The summed E-state index contributed by atoms with van der Waals surface area (Å²) in [4.78, 5) is 9.19. The highest BCUT2D eigenvalue weighted by molar-refractivity contribution is 6.77. The van der Waals surface area contributed by atoms with E-state index < -0.39 is 8.80 Å². The van der Waals surface area contributed by atoms with Gasteiger partial charge in [0.15, 0.2) is 0 Å². The maximum atomic E-state index is 14.3. The summed E-state index contributed by atoms with van der Waals surface area (Å²) >= 11 is 0. The first-order chi connectivity index (χ1) is 11.5. The second kappa shape index (κ2) is 6.81. The minimum absolute atomic E-state index is 0.206. The molecule has 0 bridgehead atoms. The molecule has 0 spiro atoms. The van der Waals surface area contributed by atoms with Gasteiger partial charge in [0.1, 0.15) is 5.82 Å². The molecule has 2 heterocycles. The van der Waals surface area contributed by atoms with Crippen molar-refractivity contribution in [1.82, 2.24) is 9.97 Å². The van der Waals surface area contributed by atoms with E-state index in [1.807, 2.05) is 36.4 Å². The second-order valence-electron chi connectivity index (χ2n) is 6.67. The lowest BCUT2D eigenvalue weighted by molar-refractivity contribution is 0.640. The maximum Gasteiger partial charge on any atom is 0.132 e. The largest absolute Gasteiger partial charge is 0.255 e. The van der Waals surface area contributed by atoms with Crippen molar-refractivity contribution in [2.45, 2.75) is 38.8 Å². The Morgan fingerprint density at radius 3 is 2.25 bits per heavy atom. The Balaban J connectivity index is 2.25. The van der Waals surface area contributed by atoms with Gasteiger partial charge in [-0.15, -0.1) is 0 Å². The number of pyridine rings is 2. The first-order valence-electron chi connectivity index (χ1n) is 8.36. The SMILES string of the molecule is CC(C)[Si](c1ccc(F)c2ccc(-c3ccccn3)nc12)C(C)C. The number of fused-ring (bicyclic) bond motifs is 1. The molecule has 2 nitrogen and oxygen atoms in total. The molecule has 3 aromatic rings. The van der Waals surface area contributed by atoms with E-state index in [1.54, 1.807) is 12.3 Å². The fourth-order valence-electron chi connectivity index (χ4n) is 3.36. The summed E-state index contributed by atoms with van der Waals surface area (Å²) in [5.74, 6) is -0.206. The molecule has 2 aromatic heterocycles. The lowest BCUT2D eigenvalue weighted by Gasteiger charge is -2.24. The number of hydrogen-bond donors (Lipinski definition) is 0. The Morgan fingerprint density at radius 2 is 1.62 bits per heavy atom. The van der Waals surface area contributed by atoms with Crippen LogP contribution in [0.5, 0.6) is 0 Å². The Hall–Kier alpha value is -2.07. The van der Waals surface area contributed by atoms with Crippen molar-refractivity contribution in [1.29, 1.82) is 0 Å². The molecule has 0 aliphatic heterocycles. The number of hydrogen-bond acceptors (Lipinski definition) is 2. The zero-order chi connectivity index (χ0) is 17.3. The summed E-state index contributed by atoms with van der Waals surface area (Å²) in [6.45, 7) is 9.02. The summed E-state index contributed by atoms with van der Waals surface area (Å²) in [6, 6.07) is 13.0. The van der Waals surface area contributed by atoms with Gasteiger partial charge in [-0.2, -0.15) is 0 Å². The van der Waals surface area contributed by atoms with Crippen molar-refractivity contribution < 1.29 is 4.39 Å². The highest BCUT2D eigenvalue weighted by atomic mass is 28.3. The standard InChI is InChI=1S/C20H22FN2Si/c1-13(2)24(14(3)4)19-11-9-16(21)15-8-10-18(23-20(15)19)17-7-5-6-12-22-17/h5-14H,1-4H3. The third-order valence-electron chi connectivity index (χ3n) is 4.29. The molecule has 1 aromatic carbocycles. The number of rotatable bonds is 4. The van der Waals surface area contributed by atoms with Crippen LogP contribution >= 0.6 is 0 Å². The molecule has 0 saturated carbocycles. The first kappa shape index (κ1) is 16.8. The molecular formula is C20H22FN2Si. The van der Waals surface area contributed by atoms with Crippen LogP contribution in [-0.2, 0) is 0 Å². The fraction of sp³-hybridized carbons (Fsp3) is 0.300. The van der Waals surface area contributed by atoms with Crippen molar-refractivity contribution >= 4 is 24.9 Å². The smallest absolute Gasteiger partial charge is 0.132 e. The predicted molar refractivity (Wildman–Crippen MR) is 101 cm³/mol. The van der Waals surface area contributed by atoms with Crippen molar-refractivity contribution in [2.24, 2.45) is 0 Å². The average Bonchev–Trinajstić information content (AvgIpc) is 2.57. The van der Waals surface area contributed by atoms with Crippen LogP contribution in [-0.4, -0.2) is 18.8 Å². The van der Waals surface area contributed by atoms with E-state index >= 15 is 0 Å². The van der Waals surface area contributed by atoms with Crippen LogP contribution in [0.15, 0.2) is 48.7 Å². The third-order valence-corrected chi connectivity index (χ3v) is 7.80. The summed E-state index contributed by atoms with van der Waals surface area (Å²) in [5.41, 5.74) is 3.53. The van der Waals surface area contributed by atoms with Crippen LogP contribution in [0.1, 0.15) is 27.7 Å². The molecule has 0 unspecified atom stereocenters. The number of benzene rings is 1. The van der Waals surface area contributed by atoms with E-state index in [2.05, 4.69) is 32.7 Å². The first-order valence-corrected chi connectivity index (χ1v) is 10.0. The molecule has 0 saturated heterocycles. The molecule has 0 aliphatic rings. The van der Waals surface area contributed by atoms with E-state index in [-0.39, 0.29) is 5.82 Å². The Kier molecular flexibility index (Phi) is 4.76. The van der Waals surface area contributed by atoms with Crippen LogP contribution in [0.2, 0.25) is 11.1 Å². The normalized spacial score (nSPS) is 11.8. The van der Waals surface area contributed by atoms with Crippen molar-refractivity contribution in [3.63, 3.8) is 0 Å². The van der Waals surface area contributed by atoms with Crippen molar-refractivity contribution in [2.75, 3.05) is 0 Å². The average molecular weight is 337 g/mol. The Labute approximate surface area is 144 Å². The zero-order valence-electron chi connectivity index (χ0n) is 14.5. The van der Waals surface area contributed by atoms with Crippen LogP contribution in [0.4, 0.5) is 4.39 Å². The van der Waals surface area contributed by atoms with Gasteiger partial charge in [0, 0.05) is 11.6 Å². The van der Waals surface area contributed by atoms with Crippen LogP contribution in [0.25, 0.3) is 22.3 Å². The zero-order valence-corrected chi connectivity index (χ0v) is 15.5. The van der Waals surface area contributed by atoms with E-state index in [0.29, 0.717) is 16.5 Å². The van der Waals surface area contributed by atoms with E-state index in [9.17, 15) is 4.39 Å². The highest BCUT2D eigenvalue weighted by Crippen LogP contribution is 2.26. The van der Waals surface area contributed by atoms with Gasteiger partial charge in [-0.1, -0.05) is 39.8 Å². The van der Waals surface area contributed by atoms with Crippen molar-refractivity contribution in [3.05, 3.63) is 54.5 Å². The number of aromatic nitrogens is 2. The topological polar surface area (TPSA) is 25.8 Å². The van der Waals surface area contributed by atoms with Gasteiger partial charge in [-0.3, -0.25) is 4.98 Å². The van der Waals surface area contributed by atoms with Gasteiger partial charge in [0.2, 0.25) is 0 Å². The minimum atomic E-state index is -0.845. The van der Waals surface area contributed by atoms with Crippen LogP contribution < -0.4 is 5.19 Å². The fourth-order valence-corrected chi connectivity index (χ4v) is 6.68. The molecule has 3 rings (SSSR count). The molecule has 1 radical (unpaired) electrons. The quantitative estimate of drug-likeness (QED) is 0.629. The van der Waals surface area contributed by atoms with Gasteiger partial charge < -0.3 is 0 Å². The lowest BCUT2D eigenvalue weighted by atomic mass is 10.1. The molecular weight excluding hydrogens is 315 g/mol. The molecule has 0 N–H and O–H groups in total. The third kappa shape index (κ3) is 3.11. The molecule has 123 valence electrons. The van der Waals surface area contributed by atoms with Gasteiger partial charge in [0.05, 0.1) is 25.7 Å². The van der Waals surface area contributed by atoms with Crippen molar-refractivity contribution in [3.8, 4) is 11.4 Å². The van der Waals surface area contributed by atoms with Gasteiger partial charge in [-0.25, -0.2) is 9.37 Å². The summed E-state index contributed by atoms with van der Waals surface area (Å²) in [7, 11) is -0.845. The molecule has 0 atom stereocenters. The second-order valence-corrected chi connectivity index (χ2v) is 10.4. The summed E-state index contributed by atoms with van der Waals surface area (Å²) in [5, 5.41) is 1.83. The van der Waals surface area contributed by atoms with Gasteiger partial charge >= 0.3 is 0 Å². The molecule has 0 amide bonds. The van der Waals surface area contributed by atoms with Crippen LogP contribution in [0, 0.1) is 5.82 Å². The number of nitrogens with zero attached hydrogens (tertiary/aromatic N) is 2. The van der Waals surface area contributed by atoms with E-state index in [0.717, 1.165) is 16.9 Å². The lowest BCUT2D eigenvalue weighted by Crippen LogP contribution is -2.37. The molecule has 4 heteroatoms. The van der Waals surface area contributed by atoms with Crippen LogP contribution in [0.3, 0.4) is 0 Å². The van der Waals surface area contributed by atoms with Gasteiger partial charge in [-0.05, 0) is 46.6 Å². The summed E-state index contributed by atoms with van der Waals surface area (Å²) < 4.78 is 14.3. The monoisotopic (exact) mass is 337 g/mol. The van der Waals surface area contributed by atoms with E-state index in [4.69, 9.17) is 4.98 Å². The Bertz CT molecular complexity index is 839. The number of halogens is 1. The molecule has 24 heavy (non-hydrogen) atoms. The summed E-state index contributed by atoms with van der Waals surface area (Å²) in [6.07, 6.45) is 1.76. The Morgan fingerprint density at radius 1 is 0.875 bits per heavy atom. The van der Waals surface area contributed by atoms with Gasteiger partial charge in [0.25, 0.3) is 0 Å². The molecule has 0 fully saturated rings. The maximum absolute atomic E-state index is 14.3. The predicted octanol–water partition coefficient (Wildman–Crippen LogP) is 4.96. The minimum Gasteiger partial charge on any atom is -0.255 e. The molecule has 0 aliphatic carbocycles. The highest BCUT2D eigenvalue weighted by Gasteiger charge is 2.25. The van der Waals surface area contributed by atoms with E-state index in [1.165, 1.54) is 5.19 Å².